The average molecular weight is 388 g/mol. The van der Waals surface area contributed by atoms with Gasteiger partial charge >= 0.3 is 5.63 Å². The summed E-state index contributed by atoms with van der Waals surface area (Å²) >= 11 is 6.46. The normalized spacial score (nSPS) is 13.5. The van der Waals surface area contributed by atoms with Crippen molar-refractivity contribution in [3.63, 3.8) is 0 Å². The lowest BCUT2D eigenvalue weighted by Gasteiger charge is -2.31. The summed E-state index contributed by atoms with van der Waals surface area (Å²) in [4.78, 5) is 14.0. The van der Waals surface area contributed by atoms with E-state index in [9.17, 15) is 9.18 Å². The predicted octanol–water partition coefficient (Wildman–Crippen LogP) is 5.28. The fourth-order valence-corrected chi connectivity index (χ4v) is 3.74. The number of unbranched alkanes of at least 4 members (excludes halogenated alkanes) is 1. The SMILES string of the molecule is CCCCc1cc(=O)oc2c3c(c(Cl)cc12)OCN(c1cccc(F)c1)C3. The summed E-state index contributed by atoms with van der Waals surface area (Å²) < 4.78 is 25.0. The van der Waals surface area contributed by atoms with E-state index in [1.54, 1.807) is 6.07 Å². The van der Waals surface area contributed by atoms with Gasteiger partial charge in [-0.3, -0.25) is 0 Å². The predicted molar refractivity (Wildman–Crippen MR) is 104 cm³/mol. The highest BCUT2D eigenvalue weighted by Crippen LogP contribution is 2.40. The van der Waals surface area contributed by atoms with Gasteiger partial charge in [0.15, 0.2) is 6.73 Å². The van der Waals surface area contributed by atoms with Crippen LogP contribution in [0.2, 0.25) is 5.02 Å². The van der Waals surface area contributed by atoms with Gasteiger partial charge in [0.2, 0.25) is 0 Å². The van der Waals surface area contributed by atoms with Crippen LogP contribution in [0.25, 0.3) is 11.0 Å². The Bertz CT molecular complexity index is 1060. The number of fused-ring (bicyclic) bond motifs is 3. The van der Waals surface area contributed by atoms with Crippen LogP contribution in [0, 0.1) is 5.82 Å². The number of aryl methyl sites for hydroxylation is 1. The van der Waals surface area contributed by atoms with Crippen molar-refractivity contribution in [1.82, 2.24) is 0 Å². The summed E-state index contributed by atoms with van der Waals surface area (Å²) in [6.07, 6.45) is 2.78. The summed E-state index contributed by atoms with van der Waals surface area (Å²) in [5, 5.41) is 1.32. The standard InChI is InChI=1S/C21H19ClFNO3/c1-2-3-5-13-8-19(25)27-20-16(13)10-18(22)21-17(20)11-24(12-26-21)15-7-4-6-14(23)9-15/h4,6-10H,2-3,5,11-12H2,1H3. The van der Waals surface area contributed by atoms with Gasteiger partial charge in [0.05, 0.1) is 17.1 Å². The highest BCUT2D eigenvalue weighted by atomic mass is 35.5. The van der Waals surface area contributed by atoms with E-state index < -0.39 is 0 Å². The Morgan fingerprint density at radius 2 is 2.11 bits per heavy atom. The molecular formula is C21H19ClFNO3. The van der Waals surface area contributed by atoms with Crippen molar-refractivity contribution in [1.29, 1.82) is 0 Å². The zero-order valence-corrected chi connectivity index (χ0v) is 15.7. The first-order valence-corrected chi connectivity index (χ1v) is 9.36. The number of nitrogens with zero attached hydrogens (tertiary/aromatic N) is 1. The zero-order valence-electron chi connectivity index (χ0n) is 14.9. The Balaban J connectivity index is 1.84. The maximum atomic E-state index is 13.6. The minimum atomic E-state index is -0.388. The first-order chi connectivity index (χ1) is 13.1. The molecule has 140 valence electrons. The smallest absolute Gasteiger partial charge is 0.336 e. The molecule has 1 aliphatic heterocycles. The highest BCUT2D eigenvalue weighted by molar-refractivity contribution is 6.33. The summed E-state index contributed by atoms with van der Waals surface area (Å²) in [6, 6.07) is 9.65. The topological polar surface area (TPSA) is 42.7 Å². The van der Waals surface area contributed by atoms with Crippen LogP contribution in [0.15, 0.2) is 45.6 Å². The van der Waals surface area contributed by atoms with Gasteiger partial charge < -0.3 is 14.1 Å². The van der Waals surface area contributed by atoms with Crippen LogP contribution >= 0.6 is 11.6 Å². The first kappa shape index (κ1) is 17.9. The molecule has 2 aromatic carbocycles. The molecule has 3 aromatic rings. The molecule has 0 aliphatic carbocycles. The third-order valence-corrected chi connectivity index (χ3v) is 5.09. The number of hydrogen-bond donors (Lipinski definition) is 0. The fourth-order valence-electron chi connectivity index (χ4n) is 3.46. The molecule has 1 aliphatic rings. The van der Waals surface area contributed by atoms with Gasteiger partial charge in [-0.15, -0.1) is 0 Å². The Labute approximate surface area is 161 Å². The Kier molecular flexibility index (Phi) is 4.79. The van der Waals surface area contributed by atoms with Crippen molar-refractivity contribution in [2.75, 3.05) is 11.6 Å². The Hall–Kier alpha value is -2.53. The molecule has 0 saturated carbocycles. The van der Waals surface area contributed by atoms with Crippen LogP contribution in [-0.2, 0) is 13.0 Å². The molecule has 0 saturated heterocycles. The first-order valence-electron chi connectivity index (χ1n) is 8.98. The van der Waals surface area contributed by atoms with Gasteiger partial charge in [0.1, 0.15) is 17.1 Å². The van der Waals surface area contributed by atoms with Gasteiger partial charge in [-0.25, -0.2) is 9.18 Å². The third kappa shape index (κ3) is 3.39. The number of hydrogen-bond acceptors (Lipinski definition) is 4. The summed E-state index contributed by atoms with van der Waals surface area (Å²) in [7, 11) is 0. The fraction of sp³-hybridized carbons (Fsp3) is 0.286. The molecule has 0 amide bonds. The molecule has 0 radical (unpaired) electrons. The number of halogens is 2. The molecule has 0 unspecified atom stereocenters. The van der Waals surface area contributed by atoms with Crippen LogP contribution in [-0.4, -0.2) is 6.73 Å². The van der Waals surface area contributed by atoms with E-state index in [1.807, 2.05) is 17.0 Å². The maximum absolute atomic E-state index is 13.6. The summed E-state index contributed by atoms with van der Waals surface area (Å²) in [5.41, 5.74) is 2.44. The largest absolute Gasteiger partial charge is 0.471 e. The highest BCUT2D eigenvalue weighted by Gasteiger charge is 2.25. The molecule has 1 aromatic heterocycles. The zero-order chi connectivity index (χ0) is 19.0. The monoisotopic (exact) mass is 387 g/mol. The molecule has 4 rings (SSSR count). The van der Waals surface area contributed by atoms with Crippen LogP contribution < -0.4 is 15.3 Å². The van der Waals surface area contributed by atoms with Crippen LogP contribution in [0.4, 0.5) is 10.1 Å². The van der Waals surface area contributed by atoms with E-state index >= 15 is 0 Å². The molecule has 2 heterocycles. The van der Waals surface area contributed by atoms with Crippen molar-refractivity contribution in [2.45, 2.75) is 32.7 Å². The van der Waals surface area contributed by atoms with Gasteiger partial charge in [0, 0.05) is 17.1 Å². The van der Waals surface area contributed by atoms with Crippen LogP contribution in [0.5, 0.6) is 5.75 Å². The van der Waals surface area contributed by atoms with E-state index in [0.29, 0.717) is 34.2 Å². The lowest BCUT2D eigenvalue weighted by atomic mass is 10.0. The number of benzene rings is 2. The van der Waals surface area contributed by atoms with E-state index in [0.717, 1.165) is 30.2 Å². The van der Waals surface area contributed by atoms with Crippen LogP contribution in [0.3, 0.4) is 0 Å². The van der Waals surface area contributed by atoms with Gasteiger partial charge in [-0.05, 0) is 42.7 Å². The number of anilines is 1. The minimum Gasteiger partial charge on any atom is -0.471 e. The molecular weight excluding hydrogens is 369 g/mol. The lowest BCUT2D eigenvalue weighted by Crippen LogP contribution is -2.32. The van der Waals surface area contributed by atoms with E-state index in [2.05, 4.69) is 6.92 Å². The molecule has 0 fully saturated rings. The minimum absolute atomic E-state index is 0.238. The van der Waals surface area contributed by atoms with Gasteiger partial charge in [0.25, 0.3) is 0 Å². The molecule has 6 heteroatoms. The second-order valence-corrected chi connectivity index (χ2v) is 7.10. The van der Waals surface area contributed by atoms with Gasteiger partial charge in [-0.2, -0.15) is 0 Å². The van der Waals surface area contributed by atoms with Crippen LogP contribution in [0.1, 0.15) is 30.9 Å². The molecule has 0 atom stereocenters. The van der Waals surface area contributed by atoms with E-state index in [1.165, 1.54) is 18.2 Å². The lowest BCUT2D eigenvalue weighted by molar-refractivity contribution is 0.289. The van der Waals surface area contributed by atoms with Crippen molar-refractivity contribution < 1.29 is 13.5 Å². The average Bonchev–Trinajstić information content (AvgIpc) is 2.66. The second kappa shape index (κ2) is 7.24. The van der Waals surface area contributed by atoms with Crippen molar-refractivity contribution in [3.8, 4) is 5.75 Å². The third-order valence-electron chi connectivity index (χ3n) is 4.81. The second-order valence-electron chi connectivity index (χ2n) is 6.69. The summed E-state index contributed by atoms with van der Waals surface area (Å²) in [5.74, 6) is 0.204. The Morgan fingerprint density at radius 1 is 1.26 bits per heavy atom. The molecule has 4 nitrogen and oxygen atoms in total. The molecule has 27 heavy (non-hydrogen) atoms. The quantitative estimate of drug-likeness (QED) is 0.571. The van der Waals surface area contributed by atoms with Crippen molar-refractivity contribution in [2.24, 2.45) is 0 Å². The molecule has 0 bridgehead atoms. The molecule has 0 spiro atoms. The Morgan fingerprint density at radius 3 is 2.89 bits per heavy atom. The maximum Gasteiger partial charge on any atom is 0.336 e. The van der Waals surface area contributed by atoms with Crippen molar-refractivity contribution in [3.05, 3.63) is 68.8 Å². The van der Waals surface area contributed by atoms with Gasteiger partial charge in [-0.1, -0.05) is 31.0 Å². The number of rotatable bonds is 4. The summed E-state index contributed by atoms with van der Waals surface area (Å²) in [6.45, 7) is 2.75. The van der Waals surface area contributed by atoms with Crippen molar-refractivity contribution >= 4 is 28.3 Å². The van der Waals surface area contributed by atoms with E-state index in [-0.39, 0.29) is 18.2 Å². The number of ether oxygens (including phenoxy) is 1. The molecule has 0 N–H and O–H groups in total. The van der Waals surface area contributed by atoms with E-state index in [4.69, 9.17) is 20.8 Å².